The number of amides is 1. The number of carbonyl (C=O) groups is 1. The molecule has 8 nitrogen and oxygen atoms in total. The molecule has 1 amide bonds. The summed E-state index contributed by atoms with van der Waals surface area (Å²) in [6, 6.07) is 11.3. The molecule has 0 spiro atoms. The maximum Gasteiger partial charge on any atom is 0.270 e. The van der Waals surface area contributed by atoms with Crippen LogP contribution in [0.4, 0.5) is 11.4 Å². The molecular formula is C18H15N3O5S. The van der Waals surface area contributed by atoms with Crippen molar-refractivity contribution in [2.45, 2.75) is 0 Å². The average Bonchev–Trinajstić information content (AvgIpc) is 3.01. The van der Waals surface area contributed by atoms with E-state index in [1.54, 1.807) is 37.5 Å². The van der Waals surface area contributed by atoms with Gasteiger partial charge in [0.05, 0.1) is 29.7 Å². The SMILES string of the molecule is COc1ccc(N=C2NC(=O)/C(=C\c3cc([N+](=O)[O-])ccc3OC)S2)cc1. The summed E-state index contributed by atoms with van der Waals surface area (Å²) >= 11 is 1.15. The van der Waals surface area contributed by atoms with Gasteiger partial charge >= 0.3 is 0 Å². The Morgan fingerprint density at radius 1 is 1.15 bits per heavy atom. The number of amidine groups is 1. The van der Waals surface area contributed by atoms with Crippen LogP contribution < -0.4 is 14.8 Å². The third-order valence-corrected chi connectivity index (χ3v) is 4.57. The van der Waals surface area contributed by atoms with Crippen LogP contribution in [0.2, 0.25) is 0 Å². The quantitative estimate of drug-likeness (QED) is 0.480. The first-order valence-electron chi connectivity index (χ1n) is 7.76. The van der Waals surface area contributed by atoms with E-state index in [0.29, 0.717) is 32.8 Å². The number of hydrogen-bond donors (Lipinski definition) is 1. The van der Waals surface area contributed by atoms with E-state index in [-0.39, 0.29) is 11.6 Å². The normalized spacial score (nSPS) is 16.4. The topological polar surface area (TPSA) is 103 Å². The number of aliphatic imine (C=N–C) groups is 1. The van der Waals surface area contributed by atoms with Crippen molar-refractivity contribution in [3.8, 4) is 11.5 Å². The summed E-state index contributed by atoms with van der Waals surface area (Å²) in [4.78, 5) is 27.4. The van der Waals surface area contributed by atoms with Gasteiger partial charge in [-0.2, -0.15) is 0 Å². The zero-order chi connectivity index (χ0) is 19.4. The molecule has 0 aromatic heterocycles. The van der Waals surface area contributed by atoms with E-state index in [9.17, 15) is 14.9 Å². The number of rotatable bonds is 5. The second-order valence-corrected chi connectivity index (χ2v) is 6.39. The van der Waals surface area contributed by atoms with Crippen molar-refractivity contribution in [2.75, 3.05) is 14.2 Å². The van der Waals surface area contributed by atoms with E-state index in [0.717, 1.165) is 11.8 Å². The Labute approximate surface area is 159 Å². The number of nitro benzene ring substituents is 1. The van der Waals surface area contributed by atoms with Crippen LogP contribution in [0.3, 0.4) is 0 Å². The van der Waals surface area contributed by atoms with Gasteiger partial charge in [0.25, 0.3) is 11.6 Å². The number of methoxy groups -OCH3 is 2. The van der Waals surface area contributed by atoms with Gasteiger partial charge in [-0.3, -0.25) is 14.9 Å². The first kappa shape index (κ1) is 18.5. The Morgan fingerprint density at radius 2 is 1.89 bits per heavy atom. The highest BCUT2D eigenvalue weighted by Gasteiger charge is 2.24. The minimum Gasteiger partial charge on any atom is -0.497 e. The van der Waals surface area contributed by atoms with E-state index in [1.807, 2.05) is 0 Å². The smallest absolute Gasteiger partial charge is 0.270 e. The van der Waals surface area contributed by atoms with Gasteiger partial charge in [0.15, 0.2) is 5.17 Å². The van der Waals surface area contributed by atoms with Crippen LogP contribution in [0.15, 0.2) is 52.4 Å². The molecular weight excluding hydrogens is 370 g/mol. The fourth-order valence-corrected chi connectivity index (χ4v) is 3.18. The molecule has 2 aromatic rings. The maximum atomic E-state index is 12.2. The van der Waals surface area contributed by atoms with Crippen molar-refractivity contribution in [3.63, 3.8) is 0 Å². The molecule has 138 valence electrons. The predicted octanol–water partition coefficient (Wildman–Crippen LogP) is 3.50. The summed E-state index contributed by atoms with van der Waals surface area (Å²) in [5.74, 6) is 0.809. The van der Waals surface area contributed by atoms with Crippen molar-refractivity contribution in [1.29, 1.82) is 0 Å². The standard InChI is InChI=1S/C18H15N3O5S/c1-25-14-6-3-12(4-7-14)19-18-20-17(22)16(27-18)10-11-9-13(21(23)24)5-8-15(11)26-2/h3-10H,1-2H3,(H,19,20,22)/b16-10+. The zero-order valence-corrected chi connectivity index (χ0v) is 15.3. The van der Waals surface area contributed by atoms with Crippen LogP contribution in [0.5, 0.6) is 11.5 Å². The van der Waals surface area contributed by atoms with Crippen LogP contribution in [0.25, 0.3) is 6.08 Å². The number of nitrogens with one attached hydrogen (secondary N) is 1. The van der Waals surface area contributed by atoms with Crippen LogP contribution in [0, 0.1) is 10.1 Å². The van der Waals surface area contributed by atoms with Gasteiger partial charge in [-0.05, 0) is 48.2 Å². The average molecular weight is 385 g/mol. The second-order valence-electron chi connectivity index (χ2n) is 5.36. The van der Waals surface area contributed by atoms with Gasteiger partial charge in [0, 0.05) is 17.7 Å². The van der Waals surface area contributed by atoms with Gasteiger partial charge in [0.1, 0.15) is 11.5 Å². The number of hydrogen-bond acceptors (Lipinski definition) is 7. The molecule has 2 aromatic carbocycles. The third-order valence-electron chi connectivity index (χ3n) is 3.66. The lowest BCUT2D eigenvalue weighted by Crippen LogP contribution is -2.19. The van der Waals surface area contributed by atoms with E-state index in [1.165, 1.54) is 25.3 Å². The highest BCUT2D eigenvalue weighted by Crippen LogP contribution is 2.32. The van der Waals surface area contributed by atoms with E-state index >= 15 is 0 Å². The summed E-state index contributed by atoms with van der Waals surface area (Å²) in [5, 5.41) is 14.1. The molecule has 3 rings (SSSR count). The molecule has 1 fully saturated rings. The molecule has 0 unspecified atom stereocenters. The van der Waals surface area contributed by atoms with Crippen LogP contribution >= 0.6 is 11.8 Å². The molecule has 0 radical (unpaired) electrons. The lowest BCUT2D eigenvalue weighted by atomic mass is 10.1. The number of carbonyl (C=O) groups excluding carboxylic acids is 1. The Morgan fingerprint density at radius 3 is 2.52 bits per heavy atom. The molecule has 1 heterocycles. The summed E-state index contributed by atoms with van der Waals surface area (Å²) in [6.45, 7) is 0. The van der Waals surface area contributed by atoms with Crippen molar-refractivity contribution in [3.05, 3.63) is 63.0 Å². The molecule has 0 bridgehead atoms. The highest BCUT2D eigenvalue weighted by atomic mass is 32.2. The third kappa shape index (κ3) is 4.26. The van der Waals surface area contributed by atoms with Crippen LogP contribution in [0.1, 0.15) is 5.56 Å². The number of thioether (sulfide) groups is 1. The zero-order valence-electron chi connectivity index (χ0n) is 14.5. The molecule has 0 saturated carbocycles. The highest BCUT2D eigenvalue weighted by molar-refractivity contribution is 8.18. The number of non-ortho nitro benzene ring substituents is 1. The predicted molar refractivity (Wildman–Crippen MR) is 103 cm³/mol. The number of nitro groups is 1. The Hall–Kier alpha value is -3.33. The fraction of sp³-hybridized carbons (Fsp3) is 0.111. The largest absolute Gasteiger partial charge is 0.497 e. The minimum atomic E-state index is -0.500. The Balaban J connectivity index is 1.87. The van der Waals surface area contributed by atoms with Gasteiger partial charge < -0.3 is 14.8 Å². The number of benzene rings is 2. The van der Waals surface area contributed by atoms with Gasteiger partial charge in [-0.15, -0.1) is 0 Å². The molecule has 1 aliphatic rings. The lowest BCUT2D eigenvalue weighted by Gasteiger charge is -2.04. The van der Waals surface area contributed by atoms with E-state index in [4.69, 9.17) is 9.47 Å². The van der Waals surface area contributed by atoms with Crippen LogP contribution in [-0.2, 0) is 4.79 Å². The second kappa shape index (κ2) is 7.92. The van der Waals surface area contributed by atoms with E-state index in [2.05, 4.69) is 10.3 Å². The molecule has 0 aliphatic carbocycles. The summed E-state index contributed by atoms with van der Waals surface area (Å²) in [5.41, 5.74) is 1.01. The summed E-state index contributed by atoms with van der Waals surface area (Å²) in [7, 11) is 3.04. The van der Waals surface area contributed by atoms with Gasteiger partial charge in [-0.25, -0.2) is 4.99 Å². The Kier molecular flexibility index (Phi) is 5.41. The molecule has 9 heteroatoms. The van der Waals surface area contributed by atoms with Crippen molar-refractivity contribution in [1.82, 2.24) is 5.32 Å². The molecule has 1 N–H and O–H groups in total. The first-order valence-corrected chi connectivity index (χ1v) is 8.58. The minimum absolute atomic E-state index is 0.0850. The summed E-state index contributed by atoms with van der Waals surface area (Å²) < 4.78 is 10.3. The molecule has 1 saturated heterocycles. The Bertz CT molecular complexity index is 954. The maximum absolute atomic E-state index is 12.2. The van der Waals surface area contributed by atoms with Crippen LogP contribution in [-0.4, -0.2) is 30.2 Å². The lowest BCUT2D eigenvalue weighted by molar-refractivity contribution is -0.384. The monoisotopic (exact) mass is 385 g/mol. The fourth-order valence-electron chi connectivity index (χ4n) is 2.34. The van der Waals surface area contributed by atoms with Crippen molar-refractivity contribution in [2.24, 2.45) is 4.99 Å². The van der Waals surface area contributed by atoms with Gasteiger partial charge in [-0.1, -0.05) is 0 Å². The number of ether oxygens (including phenoxy) is 2. The molecule has 1 aliphatic heterocycles. The summed E-state index contributed by atoms with van der Waals surface area (Å²) in [6.07, 6.45) is 1.54. The first-order chi connectivity index (χ1) is 13.0. The number of nitrogens with zero attached hydrogens (tertiary/aromatic N) is 2. The van der Waals surface area contributed by atoms with Gasteiger partial charge in [0.2, 0.25) is 0 Å². The van der Waals surface area contributed by atoms with Crippen molar-refractivity contribution < 1.29 is 19.2 Å². The van der Waals surface area contributed by atoms with Crippen molar-refractivity contribution >= 4 is 40.3 Å². The molecule has 0 atom stereocenters. The van der Waals surface area contributed by atoms with E-state index < -0.39 is 4.92 Å². The molecule has 27 heavy (non-hydrogen) atoms.